The lowest BCUT2D eigenvalue weighted by atomic mass is 9.81. The maximum absolute atomic E-state index is 4.49. The van der Waals surface area contributed by atoms with Crippen molar-refractivity contribution in [2.75, 3.05) is 13.1 Å². The van der Waals surface area contributed by atoms with Crippen LogP contribution < -0.4 is 0 Å². The van der Waals surface area contributed by atoms with Gasteiger partial charge in [-0.05, 0) is 55.5 Å². The Morgan fingerprint density at radius 3 is 2.45 bits per heavy atom. The van der Waals surface area contributed by atoms with Crippen LogP contribution in [0.3, 0.4) is 0 Å². The van der Waals surface area contributed by atoms with Crippen LogP contribution in [0, 0.1) is 5.92 Å². The van der Waals surface area contributed by atoms with E-state index in [1.165, 1.54) is 49.0 Å². The van der Waals surface area contributed by atoms with E-state index in [0.717, 1.165) is 5.92 Å². The predicted molar refractivity (Wildman–Crippen MR) is 81.3 cm³/mol. The molecule has 1 aromatic heterocycles. The number of nitrogens with zero attached hydrogens (tertiary/aromatic N) is 2. The molecule has 3 aliphatic rings. The minimum Gasteiger partial charge on any atom is -0.296 e. The summed E-state index contributed by atoms with van der Waals surface area (Å²) in [5, 5.41) is 0. The molecule has 1 aromatic carbocycles. The fourth-order valence-corrected chi connectivity index (χ4v) is 3.74. The van der Waals surface area contributed by atoms with Gasteiger partial charge in [0.1, 0.15) is 0 Å². The first-order valence-corrected chi connectivity index (χ1v) is 7.64. The summed E-state index contributed by atoms with van der Waals surface area (Å²) >= 11 is 0. The highest BCUT2D eigenvalue weighted by Gasteiger charge is 2.34. The summed E-state index contributed by atoms with van der Waals surface area (Å²) in [5.74, 6) is 0.936. The van der Waals surface area contributed by atoms with Crippen molar-refractivity contribution in [2.45, 2.75) is 25.3 Å². The molecule has 0 saturated carbocycles. The molecule has 0 aliphatic carbocycles. The Bertz CT molecular complexity index is 585. The fraction of sp³-hybridized carbons (Fsp3) is 0.389. The quantitative estimate of drug-likeness (QED) is 0.817. The Hall–Kier alpha value is -1.67. The molecule has 0 N–H and O–H groups in total. The van der Waals surface area contributed by atoms with Gasteiger partial charge in [-0.15, -0.1) is 0 Å². The van der Waals surface area contributed by atoms with Crippen molar-refractivity contribution >= 4 is 0 Å². The van der Waals surface area contributed by atoms with E-state index in [-0.39, 0.29) is 0 Å². The zero-order chi connectivity index (χ0) is 13.4. The third-order valence-electron chi connectivity index (χ3n) is 4.90. The highest BCUT2D eigenvalue weighted by molar-refractivity contribution is 5.62. The lowest BCUT2D eigenvalue weighted by Gasteiger charge is -2.45. The van der Waals surface area contributed by atoms with E-state index in [4.69, 9.17) is 0 Å². The summed E-state index contributed by atoms with van der Waals surface area (Å²) in [4.78, 5) is 7.14. The average molecular weight is 264 g/mol. The first-order chi connectivity index (χ1) is 9.90. The number of pyridine rings is 1. The molecule has 1 unspecified atom stereocenters. The predicted octanol–water partition coefficient (Wildman–Crippen LogP) is 3.91. The van der Waals surface area contributed by atoms with Gasteiger partial charge < -0.3 is 0 Å². The van der Waals surface area contributed by atoms with Crippen molar-refractivity contribution in [2.24, 2.45) is 5.92 Å². The Kier molecular flexibility index (Phi) is 3.04. The molecule has 2 aromatic rings. The number of aromatic nitrogens is 1. The monoisotopic (exact) mass is 264 g/mol. The van der Waals surface area contributed by atoms with Crippen molar-refractivity contribution in [1.29, 1.82) is 0 Å². The largest absolute Gasteiger partial charge is 0.296 e. The first-order valence-electron chi connectivity index (χ1n) is 7.64. The molecule has 2 bridgehead atoms. The van der Waals surface area contributed by atoms with E-state index >= 15 is 0 Å². The number of hydrogen-bond donors (Lipinski definition) is 0. The van der Waals surface area contributed by atoms with Crippen LogP contribution in [0.15, 0.2) is 48.8 Å². The molecule has 0 spiro atoms. The van der Waals surface area contributed by atoms with Gasteiger partial charge in [0.25, 0.3) is 0 Å². The van der Waals surface area contributed by atoms with Gasteiger partial charge in [0, 0.05) is 24.0 Å². The van der Waals surface area contributed by atoms with Crippen molar-refractivity contribution < 1.29 is 0 Å². The lowest BCUT2D eigenvalue weighted by Crippen LogP contribution is -2.43. The first kappa shape index (κ1) is 12.1. The molecule has 5 rings (SSSR count). The topological polar surface area (TPSA) is 16.1 Å². The van der Waals surface area contributed by atoms with Gasteiger partial charge in [0.2, 0.25) is 0 Å². The van der Waals surface area contributed by atoms with E-state index in [9.17, 15) is 0 Å². The standard InChI is InChI=1S/C18H20N2/c1-2-4-15(5-3-1)16-11-17(13-19-12-16)18-10-14-6-8-20(18)9-7-14/h1-5,11-14,18H,6-10H2. The summed E-state index contributed by atoms with van der Waals surface area (Å²) in [6, 6.07) is 13.5. The molecular weight excluding hydrogens is 244 g/mol. The molecule has 2 heteroatoms. The summed E-state index contributed by atoms with van der Waals surface area (Å²) < 4.78 is 0. The molecular formula is C18H20N2. The molecule has 0 amide bonds. The minimum absolute atomic E-state index is 0.596. The van der Waals surface area contributed by atoms with Crippen molar-refractivity contribution in [3.05, 3.63) is 54.4 Å². The molecule has 3 aliphatic heterocycles. The molecule has 1 atom stereocenters. The van der Waals surface area contributed by atoms with Crippen LogP contribution in [0.25, 0.3) is 11.1 Å². The zero-order valence-corrected chi connectivity index (χ0v) is 11.7. The van der Waals surface area contributed by atoms with Crippen LogP contribution in [0.1, 0.15) is 30.9 Å². The fourth-order valence-electron chi connectivity index (χ4n) is 3.74. The highest BCUT2D eigenvalue weighted by atomic mass is 15.2. The summed E-state index contributed by atoms with van der Waals surface area (Å²) in [6.45, 7) is 2.54. The third-order valence-corrected chi connectivity index (χ3v) is 4.90. The molecule has 0 radical (unpaired) electrons. The van der Waals surface area contributed by atoms with Crippen LogP contribution in [-0.4, -0.2) is 23.0 Å². The number of rotatable bonds is 2. The molecule has 102 valence electrons. The third kappa shape index (κ3) is 2.14. The normalized spacial score (nSPS) is 28.5. The van der Waals surface area contributed by atoms with E-state index in [0.29, 0.717) is 6.04 Å². The maximum atomic E-state index is 4.49. The molecule has 4 heterocycles. The van der Waals surface area contributed by atoms with Crippen LogP contribution in [0.5, 0.6) is 0 Å². The van der Waals surface area contributed by atoms with Gasteiger partial charge in [-0.2, -0.15) is 0 Å². The lowest BCUT2D eigenvalue weighted by molar-refractivity contribution is 0.0489. The Balaban J connectivity index is 1.66. The zero-order valence-electron chi connectivity index (χ0n) is 11.7. The van der Waals surface area contributed by atoms with Crippen LogP contribution in [0.2, 0.25) is 0 Å². The molecule has 3 fully saturated rings. The van der Waals surface area contributed by atoms with Gasteiger partial charge in [-0.3, -0.25) is 9.88 Å². The number of hydrogen-bond acceptors (Lipinski definition) is 2. The number of piperidine rings is 3. The van der Waals surface area contributed by atoms with Gasteiger partial charge in [-0.25, -0.2) is 0 Å². The molecule has 20 heavy (non-hydrogen) atoms. The minimum atomic E-state index is 0.596. The van der Waals surface area contributed by atoms with E-state index < -0.39 is 0 Å². The van der Waals surface area contributed by atoms with Gasteiger partial charge >= 0.3 is 0 Å². The molecule has 2 nitrogen and oxygen atoms in total. The van der Waals surface area contributed by atoms with E-state index in [1.54, 1.807) is 0 Å². The van der Waals surface area contributed by atoms with Crippen molar-refractivity contribution in [1.82, 2.24) is 9.88 Å². The number of fused-ring (bicyclic) bond motifs is 3. The Morgan fingerprint density at radius 2 is 1.75 bits per heavy atom. The maximum Gasteiger partial charge on any atom is 0.0366 e. The van der Waals surface area contributed by atoms with Crippen molar-refractivity contribution in [3.8, 4) is 11.1 Å². The summed E-state index contributed by atoms with van der Waals surface area (Å²) in [5.41, 5.74) is 3.90. The second kappa shape index (κ2) is 5.02. The van der Waals surface area contributed by atoms with Gasteiger partial charge in [0.15, 0.2) is 0 Å². The summed E-state index contributed by atoms with van der Waals surface area (Å²) in [6.07, 6.45) is 8.15. The van der Waals surface area contributed by atoms with Crippen molar-refractivity contribution in [3.63, 3.8) is 0 Å². The van der Waals surface area contributed by atoms with E-state index in [1.807, 2.05) is 6.20 Å². The van der Waals surface area contributed by atoms with Crippen LogP contribution in [-0.2, 0) is 0 Å². The SMILES string of the molecule is c1ccc(-c2cncc(C3CC4CCN3CC4)c2)cc1. The Labute approximate surface area is 120 Å². The Morgan fingerprint density at radius 1 is 0.950 bits per heavy atom. The van der Waals surface area contributed by atoms with Crippen LogP contribution in [0.4, 0.5) is 0 Å². The van der Waals surface area contributed by atoms with Gasteiger partial charge in [-0.1, -0.05) is 30.3 Å². The second-order valence-electron chi connectivity index (χ2n) is 6.10. The second-order valence-corrected chi connectivity index (χ2v) is 6.10. The van der Waals surface area contributed by atoms with E-state index in [2.05, 4.69) is 52.5 Å². The van der Waals surface area contributed by atoms with Crippen LogP contribution >= 0.6 is 0 Å². The smallest absolute Gasteiger partial charge is 0.0366 e. The number of benzene rings is 1. The molecule has 3 saturated heterocycles. The van der Waals surface area contributed by atoms with Gasteiger partial charge in [0.05, 0.1) is 0 Å². The summed E-state index contributed by atoms with van der Waals surface area (Å²) in [7, 11) is 0. The highest BCUT2D eigenvalue weighted by Crippen LogP contribution is 2.40. The average Bonchev–Trinajstić information content (AvgIpc) is 2.57.